The Bertz CT molecular complexity index is 1690. The summed E-state index contributed by atoms with van der Waals surface area (Å²) in [4.78, 5) is 26.8. The lowest BCUT2D eigenvalue weighted by Crippen LogP contribution is -2.48. The maximum absolute atomic E-state index is 15.6. The zero-order valence-electron chi connectivity index (χ0n) is 23.0. The van der Waals surface area contributed by atoms with Crippen molar-refractivity contribution in [2.45, 2.75) is 44.4 Å². The van der Waals surface area contributed by atoms with Crippen molar-refractivity contribution in [2.75, 3.05) is 0 Å². The van der Waals surface area contributed by atoms with Gasteiger partial charge in [0.15, 0.2) is 0 Å². The molecular weight excluding hydrogens is 536 g/mol. The van der Waals surface area contributed by atoms with Crippen LogP contribution in [0.15, 0.2) is 84.9 Å². The second-order valence-corrected chi connectivity index (χ2v) is 10.8. The number of benzene rings is 4. The van der Waals surface area contributed by atoms with E-state index in [4.69, 9.17) is 10.5 Å². The van der Waals surface area contributed by atoms with E-state index in [1.54, 1.807) is 72.8 Å². The summed E-state index contributed by atoms with van der Waals surface area (Å²) in [6.07, 6.45) is 0.503. The van der Waals surface area contributed by atoms with Gasteiger partial charge in [-0.05, 0) is 89.5 Å². The zero-order valence-corrected chi connectivity index (χ0v) is 23.0. The van der Waals surface area contributed by atoms with E-state index in [0.717, 1.165) is 0 Å². The van der Waals surface area contributed by atoms with Gasteiger partial charge in [0.25, 0.3) is 5.91 Å². The first-order valence-corrected chi connectivity index (χ1v) is 13.6. The molecule has 0 fully saturated rings. The third kappa shape index (κ3) is 6.22. The number of nitrogens with zero attached hydrogens (tertiary/aromatic N) is 1. The smallest absolute Gasteiger partial charge is 0.326 e. The van der Waals surface area contributed by atoms with Crippen LogP contribution in [0.3, 0.4) is 0 Å². The molecule has 8 heteroatoms. The molecule has 2 atom stereocenters. The van der Waals surface area contributed by atoms with Gasteiger partial charge in [-0.1, -0.05) is 48.5 Å². The molecule has 0 aromatic heterocycles. The molecule has 0 spiro atoms. The molecule has 5 rings (SSSR count). The second-order valence-electron chi connectivity index (χ2n) is 10.8. The van der Waals surface area contributed by atoms with Crippen LogP contribution in [-0.4, -0.2) is 17.4 Å². The first-order chi connectivity index (χ1) is 20.1. The van der Waals surface area contributed by atoms with Crippen molar-refractivity contribution < 1.29 is 23.1 Å². The first kappa shape index (κ1) is 28.7. The third-order valence-electron chi connectivity index (χ3n) is 7.45. The van der Waals surface area contributed by atoms with Crippen LogP contribution in [0, 0.1) is 23.0 Å². The highest BCUT2D eigenvalue weighted by Crippen LogP contribution is 2.29. The highest BCUT2D eigenvalue weighted by atomic mass is 19.1. The number of cyclic esters (lactones) is 1. The van der Waals surface area contributed by atoms with Crippen LogP contribution in [0.1, 0.15) is 57.6 Å². The fourth-order valence-electron chi connectivity index (χ4n) is 5.20. The van der Waals surface area contributed by atoms with Gasteiger partial charge < -0.3 is 15.8 Å². The van der Waals surface area contributed by atoms with Crippen LogP contribution in [0.5, 0.6) is 0 Å². The monoisotopic (exact) mass is 565 g/mol. The number of hydrogen-bond acceptors (Lipinski definition) is 5. The fraction of sp³-hybridized carbons (Fsp3) is 0.206. The molecule has 0 radical (unpaired) electrons. The predicted octanol–water partition coefficient (Wildman–Crippen LogP) is 5.92. The van der Waals surface area contributed by atoms with Gasteiger partial charge in [-0.3, -0.25) is 9.59 Å². The van der Waals surface area contributed by atoms with Crippen molar-refractivity contribution >= 4 is 11.9 Å². The number of nitrogens with one attached hydrogen (secondary N) is 1. The molecular formula is C34H29F2N3O3. The lowest BCUT2D eigenvalue weighted by Gasteiger charge is -2.24. The Morgan fingerprint density at radius 2 is 1.67 bits per heavy atom. The van der Waals surface area contributed by atoms with Crippen molar-refractivity contribution in [3.05, 3.63) is 130 Å². The number of rotatable bonds is 2. The van der Waals surface area contributed by atoms with Crippen LogP contribution in [0.25, 0.3) is 11.1 Å². The first-order valence-electron chi connectivity index (χ1n) is 13.6. The minimum absolute atomic E-state index is 0.0789. The molecule has 1 amide bonds. The summed E-state index contributed by atoms with van der Waals surface area (Å²) in [5.41, 5.74) is 8.58. The van der Waals surface area contributed by atoms with Gasteiger partial charge >= 0.3 is 5.97 Å². The van der Waals surface area contributed by atoms with Gasteiger partial charge in [0, 0.05) is 12.0 Å². The van der Waals surface area contributed by atoms with E-state index >= 15 is 4.39 Å². The minimum atomic E-state index is -1.52. The van der Waals surface area contributed by atoms with Gasteiger partial charge in [0.1, 0.15) is 23.8 Å². The molecule has 4 aromatic rings. The summed E-state index contributed by atoms with van der Waals surface area (Å²) in [7, 11) is 0. The van der Waals surface area contributed by atoms with E-state index < -0.39 is 35.1 Å². The molecule has 0 saturated heterocycles. The number of nitrogens with two attached hydrogens (primary N) is 1. The lowest BCUT2D eigenvalue weighted by molar-refractivity contribution is -0.150. The third-order valence-corrected chi connectivity index (χ3v) is 7.45. The van der Waals surface area contributed by atoms with Crippen LogP contribution >= 0.6 is 0 Å². The molecule has 4 bridgehead atoms. The van der Waals surface area contributed by atoms with Gasteiger partial charge in [-0.15, -0.1) is 0 Å². The Hall–Kier alpha value is -4.87. The number of nitriles is 1. The number of ether oxygens (including phenoxy) is 1. The van der Waals surface area contributed by atoms with E-state index in [0.29, 0.717) is 39.8 Å². The lowest BCUT2D eigenvalue weighted by atomic mass is 9.91. The van der Waals surface area contributed by atoms with Gasteiger partial charge in [0.2, 0.25) is 0 Å². The summed E-state index contributed by atoms with van der Waals surface area (Å²) in [6.45, 7) is 1.30. The van der Waals surface area contributed by atoms with Crippen molar-refractivity contribution in [3.63, 3.8) is 0 Å². The van der Waals surface area contributed by atoms with Crippen molar-refractivity contribution in [3.8, 4) is 17.2 Å². The summed E-state index contributed by atoms with van der Waals surface area (Å²) >= 11 is 0. The average Bonchev–Trinajstić information content (AvgIpc) is 2.99. The van der Waals surface area contributed by atoms with Gasteiger partial charge in [-0.2, -0.15) is 5.26 Å². The molecule has 212 valence electrons. The molecule has 4 aromatic carbocycles. The number of aryl methyl sites for hydroxylation is 1. The normalized spacial score (nSPS) is 19.4. The van der Waals surface area contributed by atoms with Crippen LogP contribution in [0.4, 0.5) is 8.78 Å². The van der Waals surface area contributed by atoms with Crippen molar-refractivity contribution in [2.24, 2.45) is 5.73 Å². The quantitative estimate of drug-likeness (QED) is 0.294. The molecule has 0 aliphatic carbocycles. The topological polar surface area (TPSA) is 105 Å². The van der Waals surface area contributed by atoms with Crippen LogP contribution in [0.2, 0.25) is 0 Å². The van der Waals surface area contributed by atoms with Crippen molar-refractivity contribution in [1.82, 2.24) is 5.32 Å². The Kier molecular flexibility index (Phi) is 8.14. The van der Waals surface area contributed by atoms with E-state index in [1.807, 2.05) is 0 Å². The van der Waals surface area contributed by atoms with Gasteiger partial charge in [0.05, 0.1) is 17.7 Å². The SMILES string of the molecule is CC1(N)Cc2cccc(c2F)CCC(c2ccc(F)cc2)NC(=O)c2cc(cc(-c3ccccc3C#N)c2)COC1=O. The van der Waals surface area contributed by atoms with Crippen LogP contribution in [-0.2, 0) is 29.0 Å². The standard InChI is InChI=1S/C34H29F2N3O3/c1-34(38)18-24-7-4-6-23(31(24)36)11-14-30(22-9-12-28(35)13-10-22)39-32(40)27-16-21(20-42-33(34)41)15-26(17-27)29-8-3-2-5-25(29)19-37/h2-10,12-13,15-17,30H,11,14,18,20,38H2,1H3,(H,39,40). The maximum Gasteiger partial charge on any atom is 0.326 e. The number of fused-ring (bicyclic) bond motifs is 4. The van der Waals surface area contributed by atoms with E-state index in [-0.39, 0.29) is 30.6 Å². The Labute approximate surface area is 242 Å². The van der Waals surface area contributed by atoms with Gasteiger partial charge in [-0.25, -0.2) is 8.78 Å². The Morgan fingerprint density at radius 1 is 0.952 bits per heavy atom. The zero-order chi connectivity index (χ0) is 29.9. The molecule has 0 saturated carbocycles. The largest absolute Gasteiger partial charge is 0.459 e. The summed E-state index contributed by atoms with van der Waals surface area (Å²) in [5, 5.41) is 12.7. The molecule has 1 aliphatic heterocycles. The Morgan fingerprint density at radius 3 is 2.43 bits per heavy atom. The molecule has 3 N–H and O–H groups in total. The average molecular weight is 566 g/mol. The summed E-state index contributed by atoms with van der Waals surface area (Å²) < 4.78 is 34.9. The molecule has 1 aliphatic rings. The van der Waals surface area contributed by atoms with E-state index in [9.17, 15) is 19.2 Å². The maximum atomic E-state index is 15.6. The summed E-state index contributed by atoms with van der Waals surface area (Å²) in [5.74, 6) is -2.03. The number of hydrogen-bond donors (Lipinski definition) is 2. The highest BCUT2D eigenvalue weighted by Gasteiger charge is 2.32. The molecule has 2 unspecified atom stereocenters. The molecule has 42 heavy (non-hydrogen) atoms. The van der Waals surface area contributed by atoms with Crippen LogP contribution < -0.4 is 11.1 Å². The number of esters is 1. The summed E-state index contributed by atoms with van der Waals surface area (Å²) in [6, 6.07) is 24.4. The minimum Gasteiger partial charge on any atom is -0.459 e. The second kappa shape index (κ2) is 11.9. The molecule has 6 nitrogen and oxygen atoms in total. The number of halogens is 2. The fourth-order valence-corrected chi connectivity index (χ4v) is 5.20. The number of carbonyl (C=O) groups excluding carboxylic acids is 2. The van der Waals surface area contributed by atoms with E-state index in [2.05, 4.69) is 11.4 Å². The van der Waals surface area contributed by atoms with E-state index in [1.165, 1.54) is 19.1 Å². The number of carbonyl (C=O) groups is 2. The Balaban J connectivity index is 1.61. The predicted molar refractivity (Wildman–Crippen MR) is 154 cm³/mol. The van der Waals surface area contributed by atoms with Crippen molar-refractivity contribution in [1.29, 1.82) is 5.26 Å². The number of amides is 1. The molecule has 1 heterocycles. The highest BCUT2D eigenvalue weighted by molar-refractivity contribution is 5.96.